The van der Waals surface area contributed by atoms with Crippen LogP contribution in [0.5, 0.6) is 0 Å². The SMILES string of the molecule is CC(=O)C(C)C.CC(C)C(=O)C(C)(C)C.CC(C)C(C)(C)C.CC(C)C(C)(C)C(C)(C)C. The summed E-state index contributed by atoms with van der Waals surface area (Å²) >= 11 is 0. The van der Waals surface area contributed by atoms with Gasteiger partial charge in [0.25, 0.3) is 0 Å². The number of hydrogen-bond acceptors (Lipinski definition) is 2. The number of rotatable bonds is 3. The maximum absolute atomic E-state index is 11.2. The van der Waals surface area contributed by atoms with Gasteiger partial charge in [0.1, 0.15) is 11.6 Å². The van der Waals surface area contributed by atoms with Gasteiger partial charge in [0, 0.05) is 17.3 Å². The van der Waals surface area contributed by atoms with Crippen LogP contribution in [-0.4, -0.2) is 11.6 Å². The first-order valence-electron chi connectivity index (χ1n) is 12.7. The highest BCUT2D eigenvalue weighted by molar-refractivity contribution is 5.85. The molecular formula is C30H64O2. The van der Waals surface area contributed by atoms with E-state index in [0.29, 0.717) is 22.0 Å². The number of Topliss-reactive ketones (excluding diaryl/α,β-unsaturated/α-hetero) is 2. The smallest absolute Gasteiger partial charge is 0.140 e. The first-order valence-corrected chi connectivity index (χ1v) is 12.7. The second kappa shape index (κ2) is 15.3. The minimum absolute atomic E-state index is 0.159. The van der Waals surface area contributed by atoms with Crippen molar-refractivity contribution in [3.63, 3.8) is 0 Å². The Kier molecular flexibility index (Phi) is 18.4. The summed E-state index contributed by atoms with van der Waals surface area (Å²) in [6.07, 6.45) is 0. The van der Waals surface area contributed by atoms with Crippen LogP contribution < -0.4 is 0 Å². The van der Waals surface area contributed by atoms with E-state index in [9.17, 15) is 9.59 Å². The third kappa shape index (κ3) is 20.0. The predicted molar refractivity (Wildman–Crippen MR) is 147 cm³/mol. The van der Waals surface area contributed by atoms with Gasteiger partial charge in [-0.1, -0.05) is 132 Å². The number of hydrogen-bond donors (Lipinski definition) is 0. The molecule has 0 saturated heterocycles. The molecule has 0 saturated carbocycles. The molecule has 0 bridgehead atoms. The van der Waals surface area contributed by atoms with Crippen molar-refractivity contribution in [2.24, 2.45) is 45.3 Å². The molecule has 0 aliphatic rings. The van der Waals surface area contributed by atoms with Gasteiger partial charge in [-0.05, 0) is 35.0 Å². The van der Waals surface area contributed by atoms with Crippen molar-refractivity contribution in [3.8, 4) is 0 Å². The van der Waals surface area contributed by atoms with E-state index in [2.05, 4.69) is 83.1 Å². The lowest BCUT2D eigenvalue weighted by Gasteiger charge is -2.42. The molecule has 0 unspecified atom stereocenters. The van der Waals surface area contributed by atoms with Crippen LogP contribution in [0.25, 0.3) is 0 Å². The quantitative estimate of drug-likeness (QED) is 0.423. The summed E-state index contributed by atoms with van der Waals surface area (Å²) in [4.78, 5) is 21.3. The Morgan fingerprint density at radius 2 is 0.781 bits per heavy atom. The second-order valence-electron chi connectivity index (χ2n) is 14.2. The fourth-order valence-corrected chi connectivity index (χ4v) is 1.73. The lowest BCUT2D eigenvalue weighted by atomic mass is 9.63. The van der Waals surface area contributed by atoms with E-state index in [0.717, 1.165) is 11.8 Å². The van der Waals surface area contributed by atoms with E-state index in [4.69, 9.17) is 0 Å². The summed E-state index contributed by atoms with van der Waals surface area (Å²) in [6.45, 7) is 42.6. The third-order valence-electron chi connectivity index (χ3n) is 7.19. The van der Waals surface area contributed by atoms with E-state index in [1.54, 1.807) is 6.92 Å². The van der Waals surface area contributed by atoms with Crippen molar-refractivity contribution >= 4 is 11.6 Å². The van der Waals surface area contributed by atoms with E-state index in [1.165, 1.54) is 0 Å². The van der Waals surface area contributed by atoms with Gasteiger partial charge in [0.2, 0.25) is 0 Å². The van der Waals surface area contributed by atoms with Gasteiger partial charge in [0.05, 0.1) is 0 Å². The molecule has 0 aliphatic heterocycles. The van der Waals surface area contributed by atoms with Gasteiger partial charge >= 0.3 is 0 Å². The summed E-state index contributed by atoms with van der Waals surface area (Å²) in [5.74, 6) is 2.53. The molecular weight excluding hydrogens is 392 g/mol. The summed E-state index contributed by atoms with van der Waals surface area (Å²) in [7, 11) is 0. The molecule has 0 heterocycles. The lowest BCUT2D eigenvalue weighted by molar-refractivity contribution is -0.129. The zero-order valence-corrected chi connectivity index (χ0v) is 26.1. The molecule has 0 aromatic heterocycles. The Balaban J connectivity index is -0.000000166. The molecule has 0 fully saturated rings. The van der Waals surface area contributed by atoms with Crippen LogP contribution in [-0.2, 0) is 9.59 Å². The number of carbonyl (C=O) groups is 2. The molecule has 0 amide bonds. The molecule has 0 aromatic rings. The van der Waals surface area contributed by atoms with Gasteiger partial charge in [-0.3, -0.25) is 9.59 Å². The fourth-order valence-electron chi connectivity index (χ4n) is 1.73. The Morgan fingerprint density at radius 1 is 0.531 bits per heavy atom. The average molecular weight is 457 g/mol. The molecule has 32 heavy (non-hydrogen) atoms. The minimum Gasteiger partial charge on any atom is -0.300 e. The Labute approximate surface area is 205 Å². The van der Waals surface area contributed by atoms with Crippen molar-refractivity contribution in [1.82, 2.24) is 0 Å². The molecule has 0 aliphatic carbocycles. The fraction of sp³-hybridized carbons (Fsp3) is 0.933. The van der Waals surface area contributed by atoms with Gasteiger partial charge in [-0.25, -0.2) is 0 Å². The van der Waals surface area contributed by atoms with E-state index < -0.39 is 0 Å². The van der Waals surface area contributed by atoms with Gasteiger partial charge in [0.15, 0.2) is 0 Å². The molecule has 2 heteroatoms. The van der Waals surface area contributed by atoms with Crippen LogP contribution in [0.2, 0.25) is 0 Å². The highest BCUT2D eigenvalue weighted by atomic mass is 16.1. The van der Waals surface area contributed by atoms with Crippen molar-refractivity contribution < 1.29 is 9.59 Å². The van der Waals surface area contributed by atoms with Crippen molar-refractivity contribution in [3.05, 3.63) is 0 Å². The van der Waals surface area contributed by atoms with Gasteiger partial charge < -0.3 is 0 Å². The Morgan fingerprint density at radius 3 is 0.781 bits per heavy atom. The number of ketones is 2. The molecule has 0 rings (SSSR count). The maximum atomic E-state index is 11.2. The van der Waals surface area contributed by atoms with Gasteiger partial charge in [-0.15, -0.1) is 0 Å². The van der Waals surface area contributed by atoms with Crippen LogP contribution in [0.1, 0.15) is 138 Å². The molecule has 2 nitrogen and oxygen atoms in total. The van der Waals surface area contributed by atoms with E-state index in [-0.39, 0.29) is 23.0 Å². The van der Waals surface area contributed by atoms with Crippen LogP contribution >= 0.6 is 0 Å². The molecule has 0 aromatic carbocycles. The maximum Gasteiger partial charge on any atom is 0.140 e. The highest BCUT2D eigenvalue weighted by Gasteiger charge is 2.35. The van der Waals surface area contributed by atoms with Crippen LogP contribution in [0.3, 0.4) is 0 Å². The Hall–Kier alpha value is -0.660. The third-order valence-corrected chi connectivity index (χ3v) is 7.19. The molecule has 0 radical (unpaired) electrons. The van der Waals surface area contributed by atoms with Crippen LogP contribution in [0.15, 0.2) is 0 Å². The zero-order valence-electron chi connectivity index (χ0n) is 26.1. The summed E-state index contributed by atoms with van der Waals surface area (Å²) < 4.78 is 0. The van der Waals surface area contributed by atoms with Crippen molar-refractivity contribution in [2.75, 3.05) is 0 Å². The predicted octanol–water partition coefficient (Wildman–Crippen LogP) is 9.89. The lowest BCUT2D eigenvalue weighted by Crippen LogP contribution is -2.34. The largest absolute Gasteiger partial charge is 0.300 e. The standard InChI is InChI=1S/C10H22.C8H16O.C7H16.C5H10O/c1-8(2)10(6,7)9(3,4)5;1-6(2)7(9)8(3,4)5;1-6(2)7(3,4)5;1-4(2)5(3)6/h8H,1-7H3;6H,1-5H3;6H,1-5H3;4H,1-3H3. The first kappa shape index (κ1) is 38.6. The summed E-state index contributed by atoms with van der Waals surface area (Å²) in [5, 5.41) is 0. The normalized spacial score (nSPS) is 12.5. The van der Waals surface area contributed by atoms with E-state index >= 15 is 0 Å². The zero-order chi connectivity index (χ0) is 27.5. The summed E-state index contributed by atoms with van der Waals surface area (Å²) in [6, 6.07) is 0. The Bertz CT molecular complexity index is 498. The summed E-state index contributed by atoms with van der Waals surface area (Å²) in [5.41, 5.74) is 1.20. The van der Waals surface area contributed by atoms with Crippen molar-refractivity contribution in [2.45, 2.75) is 138 Å². The second-order valence-corrected chi connectivity index (χ2v) is 14.2. The van der Waals surface area contributed by atoms with Crippen LogP contribution in [0.4, 0.5) is 0 Å². The van der Waals surface area contributed by atoms with Crippen LogP contribution in [0, 0.1) is 45.3 Å². The molecule has 196 valence electrons. The molecule has 0 spiro atoms. The first-order chi connectivity index (χ1) is 13.6. The molecule has 0 atom stereocenters. The van der Waals surface area contributed by atoms with E-state index in [1.807, 2.05) is 48.5 Å². The van der Waals surface area contributed by atoms with Crippen molar-refractivity contribution in [1.29, 1.82) is 0 Å². The number of carbonyl (C=O) groups excluding carboxylic acids is 2. The monoisotopic (exact) mass is 456 g/mol. The van der Waals surface area contributed by atoms with Gasteiger partial charge in [-0.2, -0.15) is 0 Å². The topological polar surface area (TPSA) is 34.1 Å². The average Bonchev–Trinajstić information content (AvgIpc) is 2.52. The molecule has 0 N–H and O–H groups in total. The highest BCUT2D eigenvalue weighted by Crippen LogP contribution is 2.43. The minimum atomic E-state index is -0.159.